The number of carbonyl (C=O) groups is 6. The van der Waals surface area contributed by atoms with Crippen LogP contribution in [0.1, 0.15) is 32.4 Å². The van der Waals surface area contributed by atoms with Crippen LogP contribution in [0.3, 0.4) is 0 Å². The zero-order valence-electron chi connectivity index (χ0n) is 20.5. The van der Waals surface area contributed by atoms with Crippen molar-refractivity contribution in [3.05, 3.63) is 35.9 Å². The molecule has 3 fully saturated rings. The van der Waals surface area contributed by atoms with Gasteiger partial charge in [0.1, 0.15) is 23.5 Å². The molecule has 37 heavy (non-hydrogen) atoms. The van der Waals surface area contributed by atoms with E-state index in [1.54, 1.807) is 51.1 Å². The second kappa shape index (κ2) is 10.4. The molecule has 1 unspecified atom stereocenters. The lowest BCUT2D eigenvalue weighted by molar-refractivity contribution is -0.161. The Balaban J connectivity index is 0.00000380. The van der Waals surface area contributed by atoms with Gasteiger partial charge in [-0.05, 0) is 26.3 Å². The van der Waals surface area contributed by atoms with Gasteiger partial charge in [-0.1, -0.05) is 30.3 Å². The number of hydrogen-bond donors (Lipinski definition) is 3. The summed E-state index contributed by atoms with van der Waals surface area (Å²) in [6, 6.07) is 4.11. The fourth-order valence-corrected chi connectivity index (χ4v) is 6.32. The molecule has 0 spiro atoms. The van der Waals surface area contributed by atoms with Gasteiger partial charge in [-0.3, -0.25) is 24.1 Å². The van der Waals surface area contributed by atoms with Gasteiger partial charge in [-0.25, -0.2) is 9.59 Å². The smallest absolute Gasteiger partial charge is 0.327 e. The van der Waals surface area contributed by atoms with Crippen molar-refractivity contribution in [3.8, 4) is 0 Å². The number of β-lactam (4-membered cyclic amide) rings is 1. The van der Waals surface area contributed by atoms with Crippen LogP contribution < -0.4 is 10.6 Å². The maximum absolute atomic E-state index is 13.3. The van der Waals surface area contributed by atoms with Crippen LogP contribution in [0.4, 0.5) is 4.79 Å². The number of thioether (sulfide) groups is 1. The molecule has 3 aliphatic heterocycles. The van der Waals surface area contributed by atoms with Gasteiger partial charge < -0.3 is 31.0 Å². The van der Waals surface area contributed by atoms with Crippen LogP contribution in [-0.2, 0) is 24.0 Å². The van der Waals surface area contributed by atoms with E-state index in [9.17, 15) is 33.9 Å². The Labute approximate surface area is 216 Å². The minimum absolute atomic E-state index is 0. The summed E-state index contributed by atoms with van der Waals surface area (Å²) in [6.45, 7) is 5.67. The molecule has 0 saturated carbocycles. The number of urea groups is 1. The maximum atomic E-state index is 13.3. The Bertz CT molecular complexity index is 1130. The number of hydrogen-bond acceptors (Lipinski definition) is 7. The first kappa shape index (κ1) is 27.9. The highest BCUT2D eigenvalue weighted by molar-refractivity contribution is 8.01. The third kappa shape index (κ3) is 4.85. The highest BCUT2D eigenvalue weighted by Gasteiger charge is 2.64. The van der Waals surface area contributed by atoms with Gasteiger partial charge in [-0.2, -0.15) is 0 Å². The van der Waals surface area contributed by atoms with Crippen molar-refractivity contribution in [3.63, 3.8) is 0 Å². The van der Waals surface area contributed by atoms with Crippen molar-refractivity contribution in [1.82, 2.24) is 25.3 Å². The van der Waals surface area contributed by atoms with Crippen molar-refractivity contribution in [2.24, 2.45) is 0 Å². The average Bonchev–Trinajstić information content (AvgIpc) is 3.10. The minimum atomic E-state index is -1.26. The summed E-state index contributed by atoms with van der Waals surface area (Å²) in [6.07, 6.45) is 0. The molecule has 6 amide bonds. The van der Waals surface area contributed by atoms with Gasteiger partial charge in [0.2, 0.25) is 11.8 Å². The van der Waals surface area contributed by atoms with Crippen LogP contribution in [0.25, 0.3) is 0 Å². The number of carboxylic acids is 1. The second-order valence-corrected chi connectivity index (χ2v) is 11.0. The molecule has 4 rings (SSSR count). The quantitative estimate of drug-likeness (QED) is 0.303. The van der Waals surface area contributed by atoms with Gasteiger partial charge in [-0.15, -0.1) is 11.8 Å². The molecule has 4 atom stereocenters. The highest BCUT2D eigenvalue weighted by Crippen LogP contribution is 2.50. The molecule has 0 bridgehead atoms. The normalized spacial score (nSPS) is 25.0. The first-order valence-electron chi connectivity index (χ1n) is 11.5. The van der Waals surface area contributed by atoms with Gasteiger partial charge in [0.15, 0.2) is 0 Å². The Hall–Kier alpha value is -3.65. The molecule has 1 aromatic rings. The van der Waals surface area contributed by atoms with Crippen molar-refractivity contribution in [2.45, 2.75) is 49.0 Å². The molecule has 13 nitrogen and oxygen atoms in total. The maximum Gasteiger partial charge on any atom is 0.327 e. The van der Waals surface area contributed by atoms with E-state index >= 15 is 0 Å². The molecule has 0 radical (unpaired) electrons. The molecular weight excluding hydrogens is 506 g/mol. The van der Waals surface area contributed by atoms with Gasteiger partial charge in [0, 0.05) is 24.4 Å². The van der Waals surface area contributed by atoms with Gasteiger partial charge in [0.25, 0.3) is 0 Å². The van der Waals surface area contributed by atoms with E-state index < -0.39 is 63.9 Å². The lowest BCUT2D eigenvalue weighted by atomic mass is 9.95. The second-order valence-electron chi connectivity index (χ2n) is 9.22. The molecule has 14 heteroatoms. The number of carbonyl (C=O) groups excluding carboxylic acids is 5. The molecule has 0 aliphatic carbocycles. The summed E-state index contributed by atoms with van der Waals surface area (Å²) in [5.41, 5.74) is 0.403. The molecule has 200 valence electrons. The van der Waals surface area contributed by atoms with Crippen molar-refractivity contribution in [1.29, 1.82) is 0 Å². The van der Waals surface area contributed by atoms with Crippen LogP contribution >= 0.6 is 11.8 Å². The number of rotatable bonds is 6. The Morgan fingerprint density at radius 2 is 1.76 bits per heavy atom. The van der Waals surface area contributed by atoms with E-state index in [1.165, 1.54) is 21.6 Å². The molecular formula is C23H29N5O8S. The summed E-state index contributed by atoms with van der Waals surface area (Å²) >= 11 is 1.28. The van der Waals surface area contributed by atoms with E-state index in [1.807, 2.05) is 0 Å². The SMILES string of the molecule is CCN1CCN(C(=O)NC(C(=O)N[C@@H]2C(=O)N3[C@@H]2SC(C)(C)[C@@H]3C(=O)O)c2ccccc2)C(=O)C1=O.O. The van der Waals surface area contributed by atoms with Gasteiger partial charge >= 0.3 is 23.8 Å². The van der Waals surface area contributed by atoms with E-state index in [0.717, 1.165) is 4.90 Å². The molecule has 0 aromatic heterocycles. The monoisotopic (exact) mass is 535 g/mol. The fraction of sp³-hybridized carbons (Fsp3) is 0.478. The summed E-state index contributed by atoms with van der Waals surface area (Å²) in [5.74, 6) is -4.12. The zero-order chi connectivity index (χ0) is 26.4. The molecule has 5 N–H and O–H groups in total. The number of aliphatic carboxylic acids is 1. The number of likely N-dealkylation sites (N-methyl/N-ethyl adjacent to an activating group) is 1. The number of carboxylic acid groups (broad SMARTS) is 1. The van der Waals surface area contributed by atoms with Crippen LogP contribution in [0.2, 0.25) is 0 Å². The largest absolute Gasteiger partial charge is 0.480 e. The predicted octanol–water partition coefficient (Wildman–Crippen LogP) is -1.06. The third-order valence-corrected chi connectivity index (χ3v) is 8.14. The standard InChI is InChI=1S/C23H27N5O7S.H2O/c1-4-26-10-11-27(19(32)18(26)31)22(35)25-13(12-8-6-5-7-9-12)16(29)24-14-17(30)28-15(21(33)34)23(2,3)36-20(14)28;/h5-9,13-15,20H,4,10-11H2,1-3H3,(H,24,29)(H,25,35)(H,33,34);1H2/t13?,14-,15+,20-;/m1./s1. The summed E-state index contributed by atoms with van der Waals surface area (Å²) < 4.78 is -0.758. The zero-order valence-corrected chi connectivity index (χ0v) is 21.3. The Morgan fingerprint density at radius 3 is 2.35 bits per heavy atom. The number of piperazine rings is 1. The lowest BCUT2D eigenvalue weighted by Gasteiger charge is -2.44. The van der Waals surface area contributed by atoms with E-state index in [2.05, 4.69) is 10.6 Å². The molecule has 3 aliphatic rings. The number of imide groups is 1. The third-order valence-electron chi connectivity index (χ3n) is 6.57. The lowest BCUT2D eigenvalue weighted by Crippen LogP contribution is -2.71. The molecule has 3 heterocycles. The van der Waals surface area contributed by atoms with Crippen molar-refractivity contribution >= 4 is 47.4 Å². The Morgan fingerprint density at radius 1 is 1.11 bits per heavy atom. The summed E-state index contributed by atoms with van der Waals surface area (Å²) in [4.78, 5) is 78.8. The average molecular weight is 536 g/mol. The topological polar surface area (TPSA) is 188 Å². The molecule has 1 aromatic carbocycles. The predicted molar refractivity (Wildman–Crippen MR) is 131 cm³/mol. The fourth-order valence-electron chi connectivity index (χ4n) is 4.70. The molecule has 3 saturated heterocycles. The van der Waals surface area contributed by atoms with E-state index in [4.69, 9.17) is 0 Å². The van der Waals surface area contributed by atoms with Crippen LogP contribution in [0.15, 0.2) is 30.3 Å². The summed E-state index contributed by atoms with van der Waals surface area (Å²) in [5, 5.41) is 14.2. The van der Waals surface area contributed by atoms with E-state index in [-0.39, 0.29) is 18.6 Å². The number of amides is 6. The van der Waals surface area contributed by atoms with E-state index in [0.29, 0.717) is 12.1 Å². The number of nitrogens with zero attached hydrogens (tertiary/aromatic N) is 3. The van der Waals surface area contributed by atoms with Crippen LogP contribution in [-0.4, -0.2) is 103 Å². The van der Waals surface area contributed by atoms with Crippen LogP contribution in [0, 0.1) is 0 Å². The summed E-state index contributed by atoms with van der Waals surface area (Å²) in [7, 11) is 0. The van der Waals surface area contributed by atoms with Crippen LogP contribution in [0.5, 0.6) is 0 Å². The highest BCUT2D eigenvalue weighted by atomic mass is 32.2. The first-order valence-corrected chi connectivity index (χ1v) is 12.3. The first-order chi connectivity index (χ1) is 17.0. The Kier molecular flexibility index (Phi) is 7.83. The number of benzene rings is 1. The van der Waals surface area contributed by atoms with Gasteiger partial charge in [0.05, 0.1) is 0 Å². The minimum Gasteiger partial charge on any atom is -0.480 e. The number of fused-ring (bicyclic) bond motifs is 1. The van der Waals surface area contributed by atoms with Crippen molar-refractivity contribution in [2.75, 3.05) is 19.6 Å². The number of nitrogens with one attached hydrogen (secondary N) is 2. The van der Waals surface area contributed by atoms with Crippen molar-refractivity contribution < 1.29 is 39.3 Å².